The predicted octanol–water partition coefficient (Wildman–Crippen LogP) is 3.61. The smallest absolute Gasteiger partial charge is 0.249 e. The zero-order chi connectivity index (χ0) is 21.3. The van der Waals surface area contributed by atoms with Crippen molar-refractivity contribution >= 4 is 17.5 Å². The number of rotatable bonds is 6. The van der Waals surface area contributed by atoms with Gasteiger partial charge in [0.2, 0.25) is 11.9 Å². The highest BCUT2D eigenvalue weighted by atomic mass is 16.5. The average molecular weight is 404 g/mol. The molecule has 3 heterocycles. The van der Waals surface area contributed by atoms with Crippen molar-refractivity contribution in [3.63, 3.8) is 0 Å². The molecule has 154 valence electrons. The molecule has 1 N–H and O–H groups in total. The van der Waals surface area contributed by atoms with Gasteiger partial charge in [-0.2, -0.15) is 10.1 Å². The molecule has 4 rings (SSSR count). The van der Waals surface area contributed by atoms with Gasteiger partial charge in [0.1, 0.15) is 12.4 Å². The molecular formula is C22H24N6O2. The highest BCUT2D eigenvalue weighted by Gasteiger charge is 2.13. The molecule has 0 atom stereocenters. The summed E-state index contributed by atoms with van der Waals surface area (Å²) < 4.78 is 9.44. The molecule has 0 unspecified atom stereocenters. The Morgan fingerprint density at radius 2 is 1.90 bits per heavy atom. The van der Waals surface area contributed by atoms with Gasteiger partial charge in [0.25, 0.3) is 0 Å². The molecule has 8 heteroatoms. The number of fused-ring (bicyclic) bond motifs is 1. The average Bonchev–Trinajstić information content (AvgIpc) is 3.27. The second-order valence-electron chi connectivity index (χ2n) is 7.47. The minimum absolute atomic E-state index is 0.113. The molecule has 3 aromatic heterocycles. The topological polar surface area (TPSA) is 86.3 Å². The zero-order valence-corrected chi connectivity index (χ0v) is 17.5. The number of nitrogens with one attached hydrogen (secondary N) is 1. The Morgan fingerprint density at radius 1 is 1.13 bits per heavy atom. The van der Waals surface area contributed by atoms with Gasteiger partial charge in [-0.15, -0.1) is 5.10 Å². The molecule has 0 fully saturated rings. The van der Waals surface area contributed by atoms with Gasteiger partial charge >= 0.3 is 0 Å². The number of nitrogens with zero attached hydrogens (tertiary/aromatic N) is 5. The Morgan fingerprint density at radius 3 is 2.57 bits per heavy atom. The molecule has 1 amide bonds. The standard InChI is InChI=1S/C22H24N6O2/c1-14(2)21(29)24-22-23-20-7-5-6-19(28(20)26-22)16-8-10-18(11-9-16)30-13-17-12-15(3)25-27(17)4/h5-12,14H,13H2,1-4H3,(H,24,26,29). The van der Waals surface area contributed by atoms with Crippen molar-refractivity contribution in [2.45, 2.75) is 27.4 Å². The number of aryl methyl sites for hydroxylation is 2. The summed E-state index contributed by atoms with van der Waals surface area (Å²) in [7, 11) is 1.91. The van der Waals surface area contributed by atoms with Gasteiger partial charge in [-0.3, -0.25) is 14.8 Å². The number of benzene rings is 1. The summed E-state index contributed by atoms with van der Waals surface area (Å²) in [6.07, 6.45) is 0. The third-order valence-electron chi connectivity index (χ3n) is 4.75. The van der Waals surface area contributed by atoms with Crippen molar-refractivity contribution in [3.05, 3.63) is 59.9 Å². The summed E-state index contributed by atoms with van der Waals surface area (Å²) >= 11 is 0. The molecule has 0 radical (unpaired) electrons. The van der Waals surface area contributed by atoms with Gasteiger partial charge in [-0.25, -0.2) is 4.52 Å². The molecule has 0 saturated carbocycles. The van der Waals surface area contributed by atoms with Gasteiger partial charge in [0.05, 0.1) is 17.1 Å². The van der Waals surface area contributed by atoms with Gasteiger partial charge < -0.3 is 4.74 Å². The minimum Gasteiger partial charge on any atom is -0.487 e. The fourth-order valence-corrected chi connectivity index (χ4v) is 3.11. The number of carbonyl (C=O) groups is 1. The van der Waals surface area contributed by atoms with E-state index >= 15 is 0 Å². The van der Waals surface area contributed by atoms with Crippen LogP contribution in [0.15, 0.2) is 48.5 Å². The number of amides is 1. The number of anilines is 1. The Hall–Kier alpha value is -3.68. The molecule has 0 aliphatic rings. The van der Waals surface area contributed by atoms with Gasteiger partial charge in [-0.1, -0.05) is 19.9 Å². The Balaban J connectivity index is 1.54. The van der Waals surface area contributed by atoms with Crippen LogP contribution in [0.3, 0.4) is 0 Å². The van der Waals surface area contributed by atoms with Crippen LogP contribution in [-0.2, 0) is 18.4 Å². The zero-order valence-electron chi connectivity index (χ0n) is 17.5. The fourth-order valence-electron chi connectivity index (χ4n) is 3.11. The van der Waals surface area contributed by atoms with Crippen LogP contribution in [0.1, 0.15) is 25.2 Å². The van der Waals surface area contributed by atoms with Crippen molar-refractivity contribution in [3.8, 4) is 17.0 Å². The fraction of sp³-hybridized carbons (Fsp3) is 0.273. The van der Waals surface area contributed by atoms with Gasteiger partial charge in [0.15, 0.2) is 5.65 Å². The maximum absolute atomic E-state index is 11.9. The summed E-state index contributed by atoms with van der Waals surface area (Å²) in [5.74, 6) is 0.817. The van der Waals surface area contributed by atoms with Crippen LogP contribution < -0.4 is 10.1 Å². The monoisotopic (exact) mass is 404 g/mol. The van der Waals surface area contributed by atoms with Crippen molar-refractivity contribution in [1.82, 2.24) is 24.4 Å². The minimum atomic E-state index is -0.140. The van der Waals surface area contributed by atoms with E-state index in [1.54, 1.807) is 4.52 Å². The molecule has 0 aliphatic carbocycles. The van der Waals surface area contributed by atoms with Crippen LogP contribution in [0.25, 0.3) is 16.9 Å². The largest absolute Gasteiger partial charge is 0.487 e. The summed E-state index contributed by atoms with van der Waals surface area (Å²) in [4.78, 5) is 16.3. The maximum Gasteiger partial charge on any atom is 0.249 e. The van der Waals surface area contributed by atoms with Crippen molar-refractivity contribution in [2.24, 2.45) is 13.0 Å². The van der Waals surface area contributed by atoms with E-state index in [9.17, 15) is 4.79 Å². The van der Waals surface area contributed by atoms with E-state index in [0.717, 1.165) is 28.4 Å². The predicted molar refractivity (Wildman–Crippen MR) is 114 cm³/mol. The lowest BCUT2D eigenvalue weighted by molar-refractivity contribution is -0.118. The van der Waals surface area contributed by atoms with Crippen molar-refractivity contribution in [2.75, 3.05) is 5.32 Å². The first-order valence-electron chi connectivity index (χ1n) is 9.80. The van der Waals surface area contributed by atoms with E-state index in [1.807, 2.05) is 81.0 Å². The van der Waals surface area contributed by atoms with E-state index in [2.05, 4.69) is 20.5 Å². The first-order valence-corrected chi connectivity index (χ1v) is 9.80. The van der Waals surface area contributed by atoms with Gasteiger partial charge in [-0.05, 0) is 49.4 Å². The Labute approximate surface area is 174 Å². The maximum atomic E-state index is 11.9. The summed E-state index contributed by atoms with van der Waals surface area (Å²) in [5, 5.41) is 11.5. The lowest BCUT2D eigenvalue weighted by Crippen LogP contribution is -2.18. The molecule has 30 heavy (non-hydrogen) atoms. The number of hydrogen-bond donors (Lipinski definition) is 1. The second-order valence-corrected chi connectivity index (χ2v) is 7.47. The molecule has 8 nitrogen and oxygen atoms in total. The third-order valence-corrected chi connectivity index (χ3v) is 4.75. The van der Waals surface area contributed by atoms with Crippen molar-refractivity contribution < 1.29 is 9.53 Å². The Bertz CT molecular complexity index is 1190. The number of hydrogen-bond acceptors (Lipinski definition) is 5. The second kappa shape index (κ2) is 7.98. The number of carbonyl (C=O) groups excluding carboxylic acids is 1. The normalized spacial score (nSPS) is 11.2. The molecule has 0 spiro atoms. The van der Waals surface area contributed by atoms with Crippen LogP contribution in [-0.4, -0.2) is 30.3 Å². The van der Waals surface area contributed by atoms with E-state index in [0.29, 0.717) is 18.2 Å². The van der Waals surface area contributed by atoms with Crippen LogP contribution in [0.5, 0.6) is 5.75 Å². The van der Waals surface area contributed by atoms with E-state index in [4.69, 9.17) is 4.74 Å². The third kappa shape index (κ3) is 4.03. The quantitative estimate of drug-likeness (QED) is 0.530. The first kappa shape index (κ1) is 19.6. The van der Waals surface area contributed by atoms with Crippen LogP contribution in [0.4, 0.5) is 5.95 Å². The Kier molecular flexibility index (Phi) is 5.22. The van der Waals surface area contributed by atoms with Crippen molar-refractivity contribution in [1.29, 1.82) is 0 Å². The summed E-state index contributed by atoms with van der Waals surface area (Å²) in [6.45, 7) is 6.07. The number of aromatic nitrogens is 5. The molecular weight excluding hydrogens is 380 g/mol. The van der Waals surface area contributed by atoms with E-state index in [1.165, 1.54) is 0 Å². The van der Waals surface area contributed by atoms with E-state index < -0.39 is 0 Å². The van der Waals surface area contributed by atoms with Gasteiger partial charge in [0, 0.05) is 18.5 Å². The lowest BCUT2D eigenvalue weighted by Gasteiger charge is -2.08. The SMILES string of the molecule is Cc1cc(COc2ccc(-c3cccc4nc(NC(=O)C(C)C)nn34)cc2)n(C)n1. The van der Waals surface area contributed by atoms with Crippen LogP contribution in [0.2, 0.25) is 0 Å². The summed E-state index contributed by atoms with van der Waals surface area (Å²) in [6, 6.07) is 15.6. The molecule has 0 bridgehead atoms. The highest BCUT2D eigenvalue weighted by molar-refractivity contribution is 5.90. The highest BCUT2D eigenvalue weighted by Crippen LogP contribution is 2.24. The molecule has 0 aliphatic heterocycles. The number of pyridine rings is 1. The van der Waals surface area contributed by atoms with Crippen LogP contribution >= 0.6 is 0 Å². The first-order chi connectivity index (χ1) is 14.4. The van der Waals surface area contributed by atoms with Crippen LogP contribution in [0, 0.1) is 12.8 Å². The lowest BCUT2D eigenvalue weighted by atomic mass is 10.1. The molecule has 4 aromatic rings. The summed E-state index contributed by atoms with van der Waals surface area (Å²) in [5.41, 5.74) is 4.49. The number of ether oxygens (including phenoxy) is 1. The molecule has 1 aromatic carbocycles. The molecule has 0 saturated heterocycles. The van der Waals surface area contributed by atoms with E-state index in [-0.39, 0.29) is 11.8 Å².